The number of aryl methyl sites for hydroxylation is 2. The van der Waals surface area contributed by atoms with Gasteiger partial charge < -0.3 is 4.74 Å². The van der Waals surface area contributed by atoms with Crippen molar-refractivity contribution >= 4 is 0 Å². The second-order valence-corrected chi connectivity index (χ2v) is 3.62. The molecule has 0 bridgehead atoms. The van der Waals surface area contributed by atoms with Gasteiger partial charge in [-0.05, 0) is 26.2 Å². The maximum absolute atomic E-state index is 5.84. The normalized spacial score (nSPS) is 15.8. The Morgan fingerprint density at radius 1 is 1.46 bits per heavy atom. The molecular weight excluding hydrogens is 162 g/mol. The third-order valence-electron chi connectivity index (χ3n) is 2.34. The van der Waals surface area contributed by atoms with E-state index in [1.807, 2.05) is 12.4 Å². The van der Waals surface area contributed by atoms with Crippen molar-refractivity contribution in [1.82, 2.24) is 4.98 Å². The molecule has 1 aromatic heterocycles. The summed E-state index contributed by atoms with van der Waals surface area (Å²) in [4.78, 5) is 4.16. The Kier molecular flexibility index (Phi) is 2.21. The summed E-state index contributed by atoms with van der Waals surface area (Å²) >= 11 is 0. The highest BCUT2D eigenvalue weighted by molar-refractivity contribution is 5.38. The number of ether oxygens (including phenoxy) is 1. The molecule has 1 aliphatic rings. The van der Waals surface area contributed by atoms with Gasteiger partial charge in [0.1, 0.15) is 5.75 Å². The van der Waals surface area contributed by atoms with E-state index in [2.05, 4.69) is 18.8 Å². The topological polar surface area (TPSA) is 22.1 Å². The van der Waals surface area contributed by atoms with Crippen molar-refractivity contribution in [1.29, 1.82) is 0 Å². The lowest BCUT2D eigenvalue weighted by Crippen LogP contribution is -2.01. The molecule has 1 heterocycles. The van der Waals surface area contributed by atoms with Crippen LogP contribution in [0.25, 0.3) is 0 Å². The zero-order valence-electron chi connectivity index (χ0n) is 8.21. The van der Waals surface area contributed by atoms with Gasteiger partial charge in [0.15, 0.2) is 0 Å². The molecule has 1 fully saturated rings. The lowest BCUT2D eigenvalue weighted by Gasteiger charge is -2.11. The van der Waals surface area contributed by atoms with Crippen LogP contribution in [0.1, 0.15) is 30.9 Å². The van der Waals surface area contributed by atoms with E-state index in [1.54, 1.807) is 0 Å². The Hall–Kier alpha value is -1.05. The molecule has 1 aromatic rings. The Bertz CT molecular complexity index is 305. The van der Waals surface area contributed by atoms with E-state index in [9.17, 15) is 0 Å². The van der Waals surface area contributed by atoms with Crippen molar-refractivity contribution < 1.29 is 4.74 Å². The van der Waals surface area contributed by atoms with Crippen LogP contribution < -0.4 is 4.74 Å². The van der Waals surface area contributed by atoms with Gasteiger partial charge in [-0.15, -0.1) is 0 Å². The van der Waals surface area contributed by atoms with Gasteiger partial charge in [0.25, 0.3) is 0 Å². The Morgan fingerprint density at radius 3 is 2.85 bits per heavy atom. The average Bonchev–Trinajstić information content (AvgIpc) is 2.92. The maximum atomic E-state index is 5.84. The highest BCUT2D eigenvalue weighted by atomic mass is 16.5. The minimum atomic E-state index is 0.478. The van der Waals surface area contributed by atoms with Gasteiger partial charge in [-0.1, -0.05) is 6.92 Å². The van der Waals surface area contributed by atoms with Crippen LogP contribution in [0.4, 0.5) is 0 Å². The fourth-order valence-electron chi connectivity index (χ4n) is 1.38. The van der Waals surface area contributed by atoms with E-state index in [1.165, 1.54) is 18.4 Å². The van der Waals surface area contributed by atoms with Crippen LogP contribution in [0, 0.1) is 6.92 Å². The van der Waals surface area contributed by atoms with Crippen LogP contribution in [0.15, 0.2) is 12.4 Å². The summed E-state index contributed by atoms with van der Waals surface area (Å²) < 4.78 is 5.84. The second kappa shape index (κ2) is 3.36. The summed E-state index contributed by atoms with van der Waals surface area (Å²) in [5.74, 6) is 1.07. The molecule has 0 amide bonds. The Labute approximate surface area is 78.9 Å². The summed E-state index contributed by atoms with van der Waals surface area (Å²) in [6.07, 6.45) is 7.68. The van der Waals surface area contributed by atoms with E-state index in [0.29, 0.717) is 6.10 Å². The first-order valence-corrected chi connectivity index (χ1v) is 4.91. The third-order valence-corrected chi connectivity index (χ3v) is 2.34. The van der Waals surface area contributed by atoms with Crippen molar-refractivity contribution in [3.8, 4) is 5.75 Å². The van der Waals surface area contributed by atoms with Crippen LogP contribution in [0.2, 0.25) is 0 Å². The average molecular weight is 177 g/mol. The van der Waals surface area contributed by atoms with Gasteiger partial charge in [-0.2, -0.15) is 0 Å². The number of hydrogen-bond donors (Lipinski definition) is 0. The van der Waals surface area contributed by atoms with E-state index >= 15 is 0 Å². The summed E-state index contributed by atoms with van der Waals surface area (Å²) in [7, 11) is 0. The lowest BCUT2D eigenvalue weighted by atomic mass is 10.1. The molecule has 13 heavy (non-hydrogen) atoms. The Balaban J connectivity index is 2.27. The molecular formula is C11H15NO. The van der Waals surface area contributed by atoms with Gasteiger partial charge in [0.05, 0.1) is 6.10 Å². The van der Waals surface area contributed by atoms with Crippen LogP contribution in [-0.2, 0) is 6.42 Å². The van der Waals surface area contributed by atoms with E-state index in [4.69, 9.17) is 4.74 Å². The molecule has 2 nitrogen and oxygen atoms in total. The SMILES string of the molecule is CCc1cncc(C)c1OC1CC1. The van der Waals surface area contributed by atoms with E-state index in [0.717, 1.165) is 17.7 Å². The van der Waals surface area contributed by atoms with E-state index < -0.39 is 0 Å². The van der Waals surface area contributed by atoms with Gasteiger partial charge in [-0.3, -0.25) is 4.98 Å². The molecule has 0 N–H and O–H groups in total. The molecule has 2 heteroatoms. The lowest BCUT2D eigenvalue weighted by molar-refractivity contribution is 0.297. The predicted octanol–water partition coefficient (Wildman–Crippen LogP) is 2.49. The summed E-state index contributed by atoms with van der Waals surface area (Å²) in [5, 5.41) is 0. The molecule has 0 unspecified atom stereocenters. The minimum Gasteiger partial charge on any atom is -0.490 e. The molecule has 0 spiro atoms. The van der Waals surface area contributed by atoms with Crippen molar-refractivity contribution in [3.05, 3.63) is 23.5 Å². The largest absolute Gasteiger partial charge is 0.490 e. The summed E-state index contributed by atoms with van der Waals surface area (Å²) in [6, 6.07) is 0. The highest BCUT2D eigenvalue weighted by Gasteiger charge is 2.25. The monoisotopic (exact) mass is 177 g/mol. The number of nitrogens with zero attached hydrogens (tertiary/aromatic N) is 1. The van der Waals surface area contributed by atoms with E-state index in [-0.39, 0.29) is 0 Å². The molecule has 2 rings (SSSR count). The van der Waals surface area contributed by atoms with Crippen LogP contribution in [0.3, 0.4) is 0 Å². The van der Waals surface area contributed by atoms with Crippen LogP contribution >= 0.6 is 0 Å². The van der Waals surface area contributed by atoms with Crippen molar-refractivity contribution in [2.45, 2.75) is 39.2 Å². The maximum Gasteiger partial charge on any atom is 0.128 e. The van der Waals surface area contributed by atoms with Crippen LogP contribution in [-0.4, -0.2) is 11.1 Å². The van der Waals surface area contributed by atoms with Gasteiger partial charge in [-0.25, -0.2) is 0 Å². The number of pyridine rings is 1. The highest BCUT2D eigenvalue weighted by Crippen LogP contribution is 2.31. The number of aromatic nitrogens is 1. The first-order valence-electron chi connectivity index (χ1n) is 4.91. The molecule has 0 atom stereocenters. The fraction of sp³-hybridized carbons (Fsp3) is 0.545. The Morgan fingerprint density at radius 2 is 2.23 bits per heavy atom. The molecule has 0 aromatic carbocycles. The molecule has 0 radical (unpaired) electrons. The van der Waals surface area contributed by atoms with Crippen molar-refractivity contribution in [2.24, 2.45) is 0 Å². The summed E-state index contributed by atoms with van der Waals surface area (Å²) in [5.41, 5.74) is 2.39. The van der Waals surface area contributed by atoms with Crippen molar-refractivity contribution in [3.63, 3.8) is 0 Å². The number of hydrogen-bond acceptors (Lipinski definition) is 2. The predicted molar refractivity (Wildman–Crippen MR) is 52.0 cm³/mol. The smallest absolute Gasteiger partial charge is 0.128 e. The first kappa shape index (κ1) is 8.54. The first-order chi connectivity index (χ1) is 6.31. The van der Waals surface area contributed by atoms with Crippen LogP contribution in [0.5, 0.6) is 5.75 Å². The fourth-order valence-corrected chi connectivity index (χ4v) is 1.38. The zero-order chi connectivity index (χ0) is 9.26. The quantitative estimate of drug-likeness (QED) is 0.707. The van der Waals surface area contributed by atoms with Gasteiger partial charge >= 0.3 is 0 Å². The molecule has 0 saturated heterocycles. The molecule has 1 saturated carbocycles. The molecule has 0 aliphatic heterocycles. The van der Waals surface area contributed by atoms with Gasteiger partial charge in [0, 0.05) is 23.5 Å². The van der Waals surface area contributed by atoms with Gasteiger partial charge in [0.2, 0.25) is 0 Å². The van der Waals surface area contributed by atoms with Crippen molar-refractivity contribution in [2.75, 3.05) is 0 Å². The molecule has 70 valence electrons. The zero-order valence-corrected chi connectivity index (χ0v) is 8.21. The molecule has 1 aliphatic carbocycles. The third kappa shape index (κ3) is 1.82. The summed E-state index contributed by atoms with van der Waals surface area (Å²) in [6.45, 7) is 4.19. The standard InChI is InChI=1S/C11H15NO/c1-3-9-7-12-6-8(2)11(9)13-10-4-5-10/h6-7,10H,3-5H2,1-2H3. The minimum absolute atomic E-state index is 0.478. The number of rotatable bonds is 3. The second-order valence-electron chi connectivity index (χ2n) is 3.62.